The Morgan fingerprint density at radius 3 is 2.88 bits per heavy atom. The summed E-state index contributed by atoms with van der Waals surface area (Å²) >= 11 is 0. The third-order valence-electron chi connectivity index (χ3n) is 5.20. The summed E-state index contributed by atoms with van der Waals surface area (Å²) in [6.45, 7) is 5.50. The highest BCUT2D eigenvalue weighted by molar-refractivity contribution is 5.89. The number of aryl methyl sites for hydroxylation is 1. The maximum Gasteiger partial charge on any atom is 0.321 e. The molecule has 0 spiro atoms. The van der Waals surface area contributed by atoms with Gasteiger partial charge in [0.15, 0.2) is 0 Å². The zero-order valence-corrected chi connectivity index (χ0v) is 14.7. The minimum Gasteiger partial charge on any atom is -0.324 e. The summed E-state index contributed by atoms with van der Waals surface area (Å²) in [6, 6.07) is 6.64. The molecule has 2 aromatic rings. The number of likely N-dealkylation sites (tertiary alicyclic amines) is 1. The summed E-state index contributed by atoms with van der Waals surface area (Å²) in [5.41, 5.74) is 4.74. The summed E-state index contributed by atoms with van der Waals surface area (Å²) in [5, 5.41) is 10.8. The number of hydrogen-bond acceptors (Lipinski definition) is 3. The van der Waals surface area contributed by atoms with Gasteiger partial charge in [-0.2, -0.15) is 5.10 Å². The summed E-state index contributed by atoms with van der Waals surface area (Å²) in [5.74, 6) is 0. The van der Waals surface area contributed by atoms with Gasteiger partial charge in [-0.05, 0) is 61.6 Å². The fourth-order valence-electron chi connectivity index (χ4n) is 3.73. The number of benzene rings is 1. The Kier molecular flexibility index (Phi) is 4.44. The molecule has 1 aromatic carbocycles. The van der Waals surface area contributed by atoms with Gasteiger partial charge in [-0.25, -0.2) is 4.79 Å². The lowest BCUT2D eigenvalue weighted by molar-refractivity contribution is 0.180. The number of carbonyl (C=O) groups excluding carboxylic acids is 1. The van der Waals surface area contributed by atoms with Crippen molar-refractivity contribution >= 4 is 11.7 Å². The molecule has 2 aliphatic heterocycles. The van der Waals surface area contributed by atoms with E-state index in [4.69, 9.17) is 0 Å². The lowest BCUT2D eigenvalue weighted by Gasteiger charge is -2.32. The van der Waals surface area contributed by atoms with Crippen molar-refractivity contribution in [2.75, 3.05) is 25.0 Å². The van der Waals surface area contributed by atoms with E-state index >= 15 is 0 Å². The first kappa shape index (κ1) is 16.1. The van der Waals surface area contributed by atoms with Crippen LogP contribution in [0.1, 0.15) is 35.6 Å². The van der Waals surface area contributed by atoms with E-state index < -0.39 is 0 Å². The van der Waals surface area contributed by atoms with Crippen LogP contribution in [0.2, 0.25) is 0 Å². The molecule has 25 heavy (non-hydrogen) atoms. The zero-order chi connectivity index (χ0) is 17.2. The first-order valence-electron chi connectivity index (χ1n) is 9.08. The van der Waals surface area contributed by atoms with Gasteiger partial charge in [0.25, 0.3) is 0 Å². The average molecular weight is 339 g/mol. The molecule has 0 bridgehead atoms. The normalized spacial score (nSPS) is 18.0. The van der Waals surface area contributed by atoms with Crippen LogP contribution in [0.5, 0.6) is 0 Å². The third-order valence-corrected chi connectivity index (χ3v) is 5.20. The van der Waals surface area contributed by atoms with Crippen LogP contribution in [0, 0.1) is 6.92 Å². The number of fused-ring (bicyclic) bond motifs is 1. The Hall–Kier alpha value is -2.34. The van der Waals surface area contributed by atoms with Gasteiger partial charge in [-0.15, -0.1) is 0 Å². The Balaban J connectivity index is 1.34. The van der Waals surface area contributed by atoms with E-state index in [0.717, 1.165) is 51.1 Å². The number of carbonyl (C=O) groups is 1. The van der Waals surface area contributed by atoms with Crippen LogP contribution in [0.25, 0.3) is 0 Å². The number of amides is 2. The molecule has 6 heteroatoms. The van der Waals surface area contributed by atoms with Gasteiger partial charge in [0.1, 0.15) is 0 Å². The largest absolute Gasteiger partial charge is 0.324 e. The molecular weight excluding hydrogens is 314 g/mol. The molecule has 6 nitrogen and oxygen atoms in total. The number of hydrogen-bond donors (Lipinski definition) is 2. The highest BCUT2D eigenvalue weighted by Gasteiger charge is 2.24. The molecule has 132 valence electrons. The summed E-state index contributed by atoms with van der Waals surface area (Å²) in [6.07, 6.45) is 6.93. The number of rotatable bonds is 2. The standard InChI is InChI=1S/C19H25N5O/c1-14-11-21-24(13-14)18-5-8-23(9-6-18)19(25)22-17-3-2-15-4-7-20-12-16(15)10-17/h2-3,10-11,13,18,20H,4-9,12H2,1H3,(H,22,25). The van der Waals surface area contributed by atoms with Gasteiger partial charge >= 0.3 is 6.03 Å². The van der Waals surface area contributed by atoms with E-state index in [-0.39, 0.29) is 6.03 Å². The van der Waals surface area contributed by atoms with Gasteiger partial charge < -0.3 is 15.5 Å². The number of piperidine rings is 1. The van der Waals surface area contributed by atoms with E-state index in [1.165, 1.54) is 16.7 Å². The third kappa shape index (κ3) is 3.54. The van der Waals surface area contributed by atoms with Crippen molar-refractivity contribution in [1.82, 2.24) is 20.0 Å². The van der Waals surface area contributed by atoms with Crippen molar-refractivity contribution in [2.45, 2.75) is 38.8 Å². The highest BCUT2D eigenvalue weighted by atomic mass is 16.2. The van der Waals surface area contributed by atoms with E-state index in [1.807, 2.05) is 21.8 Å². The van der Waals surface area contributed by atoms with Crippen molar-refractivity contribution in [3.63, 3.8) is 0 Å². The molecule has 0 radical (unpaired) electrons. The second-order valence-electron chi connectivity index (χ2n) is 7.06. The maximum absolute atomic E-state index is 12.6. The Morgan fingerprint density at radius 2 is 2.12 bits per heavy atom. The first-order valence-corrected chi connectivity index (χ1v) is 9.08. The van der Waals surface area contributed by atoms with Crippen LogP contribution in [0.4, 0.5) is 10.5 Å². The predicted molar refractivity (Wildman–Crippen MR) is 97.7 cm³/mol. The fraction of sp³-hybridized carbons (Fsp3) is 0.474. The van der Waals surface area contributed by atoms with E-state index in [9.17, 15) is 4.79 Å². The second kappa shape index (κ2) is 6.88. The molecule has 2 N–H and O–H groups in total. The Morgan fingerprint density at radius 1 is 1.28 bits per heavy atom. The molecule has 0 aliphatic carbocycles. The number of urea groups is 1. The van der Waals surface area contributed by atoms with Crippen molar-refractivity contribution in [3.05, 3.63) is 47.3 Å². The zero-order valence-electron chi connectivity index (χ0n) is 14.7. The minimum atomic E-state index is -0.00110. The van der Waals surface area contributed by atoms with E-state index in [0.29, 0.717) is 6.04 Å². The molecule has 1 aromatic heterocycles. The lowest BCUT2D eigenvalue weighted by Crippen LogP contribution is -2.41. The molecular formula is C19H25N5O. The average Bonchev–Trinajstić information content (AvgIpc) is 3.08. The monoisotopic (exact) mass is 339 g/mol. The Labute approximate surface area is 148 Å². The van der Waals surface area contributed by atoms with E-state index in [2.05, 4.69) is 41.0 Å². The molecule has 1 saturated heterocycles. The van der Waals surface area contributed by atoms with Gasteiger partial charge in [0, 0.05) is 31.5 Å². The molecule has 0 atom stereocenters. The first-order chi connectivity index (χ1) is 12.2. The number of anilines is 1. The molecule has 1 fully saturated rings. The highest BCUT2D eigenvalue weighted by Crippen LogP contribution is 2.23. The van der Waals surface area contributed by atoms with Crippen LogP contribution >= 0.6 is 0 Å². The lowest BCUT2D eigenvalue weighted by atomic mass is 10.0. The quantitative estimate of drug-likeness (QED) is 0.884. The SMILES string of the molecule is Cc1cnn(C2CCN(C(=O)Nc3ccc4c(c3)CNCC4)CC2)c1. The van der Waals surface area contributed by atoms with Gasteiger partial charge in [-0.3, -0.25) is 4.68 Å². The molecule has 4 rings (SSSR count). The van der Waals surface area contributed by atoms with Gasteiger partial charge in [-0.1, -0.05) is 6.07 Å². The van der Waals surface area contributed by atoms with Crippen LogP contribution in [0.15, 0.2) is 30.6 Å². The molecule has 3 heterocycles. The predicted octanol–water partition coefficient (Wildman–Crippen LogP) is 2.71. The fourth-order valence-corrected chi connectivity index (χ4v) is 3.73. The topological polar surface area (TPSA) is 62.2 Å². The van der Waals surface area contributed by atoms with Crippen molar-refractivity contribution in [3.8, 4) is 0 Å². The smallest absolute Gasteiger partial charge is 0.321 e. The summed E-state index contributed by atoms with van der Waals surface area (Å²) < 4.78 is 2.04. The van der Waals surface area contributed by atoms with Gasteiger partial charge in [0.2, 0.25) is 0 Å². The summed E-state index contributed by atoms with van der Waals surface area (Å²) in [7, 11) is 0. The van der Waals surface area contributed by atoms with Crippen LogP contribution < -0.4 is 10.6 Å². The van der Waals surface area contributed by atoms with Crippen LogP contribution in [0.3, 0.4) is 0 Å². The van der Waals surface area contributed by atoms with Gasteiger partial charge in [0.05, 0.1) is 12.2 Å². The second-order valence-corrected chi connectivity index (χ2v) is 7.06. The number of nitrogens with one attached hydrogen (secondary N) is 2. The number of aromatic nitrogens is 2. The van der Waals surface area contributed by atoms with Crippen LogP contribution in [-0.2, 0) is 13.0 Å². The van der Waals surface area contributed by atoms with Crippen molar-refractivity contribution in [1.29, 1.82) is 0 Å². The molecule has 0 saturated carbocycles. The molecule has 2 amide bonds. The van der Waals surface area contributed by atoms with E-state index in [1.54, 1.807) is 0 Å². The molecule has 0 unspecified atom stereocenters. The Bertz CT molecular complexity index is 761. The summed E-state index contributed by atoms with van der Waals surface area (Å²) in [4.78, 5) is 14.5. The minimum absolute atomic E-state index is 0.00110. The van der Waals surface area contributed by atoms with Crippen LogP contribution in [-0.4, -0.2) is 40.3 Å². The number of nitrogens with zero attached hydrogens (tertiary/aromatic N) is 3. The maximum atomic E-state index is 12.6. The van der Waals surface area contributed by atoms with Crippen molar-refractivity contribution < 1.29 is 4.79 Å². The molecule has 2 aliphatic rings. The van der Waals surface area contributed by atoms with Crippen molar-refractivity contribution in [2.24, 2.45) is 0 Å².